The number of anilines is 1. The van der Waals surface area contributed by atoms with E-state index < -0.39 is 11.9 Å². The molecule has 0 fully saturated rings. The van der Waals surface area contributed by atoms with Crippen molar-refractivity contribution in [2.45, 2.75) is 25.0 Å². The zero-order chi connectivity index (χ0) is 16.6. The van der Waals surface area contributed by atoms with Gasteiger partial charge in [0.1, 0.15) is 6.04 Å². The number of nitrogens with two attached hydrogens (primary N) is 1. The molecular weight excluding hydrogens is 334 g/mol. The maximum absolute atomic E-state index is 12.0. The van der Waals surface area contributed by atoms with Gasteiger partial charge in [-0.05, 0) is 30.4 Å². The number of thioether (sulfide) groups is 1. The van der Waals surface area contributed by atoms with Crippen LogP contribution in [-0.4, -0.2) is 26.4 Å². The topological polar surface area (TPSA) is 85.8 Å². The molecule has 6 nitrogen and oxygen atoms in total. The van der Waals surface area contributed by atoms with E-state index in [1.165, 1.54) is 11.8 Å². The SMILES string of the molecule is CCSc1nc2n(n1)C(c1cccc(Cl)c1)C(C(N)=O)=C(C)N2. The summed E-state index contributed by atoms with van der Waals surface area (Å²) in [4.78, 5) is 16.5. The summed E-state index contributed by atoms with van der Waals surface area (Å²) >= 11 is 7.65. The molecule has 0 aliphatic carbocycles. The molecule has 1 aliphatic heterocycles. The molecule has 1 unspecified atom stereocenters. The third-order valence-corrected chi connectivity index (χ3v) is 4.49. The average Bonchev–Trinajstić information content (AvgIpc) is 2.87. The van der Waals surface area contributed by atoms with Gasteiger partial charge in [0.05, 0.1) is 5.57 Å². The maximum atomic E-state index is 12.0. The van der Waals surface area contributed by atoms with Crippen LogP contribution in [0, 0.1) is 0 Å². The Kier molecular flexibility index (Phi) is 4.32. The number of fused-ring (bicyclic) bond motifs is 1. The van der Waals surface area contributed by atoms with Gasteiger partial charge < -0.3 is 11.1 Å². The third-order valence-electron chi connectivity index (χ3n) is 3.54. The smallest absolute Gasteiger partial charge is 0.248 e. The third kappa shape index (κ3) is 2.94. The van der Waals surface area contributed by atoms with Gasteiger partial charge in [0, 0.05) is 10.7 Å². The largest absolute Gasteiger partial charge is 0.366 e. The summed E-state index contributed by atoms with van der Waals surface area (Å²) in [6.45, 7) is 3.84. The molecule has 3 N–H and O–H groups in total. The van der Waals surface area contributed by atoms with Crippen LogP contribution in [-0.2, 0) is 4.79 Å². The molecule has 1 aliphatic rings. The molecule has 0 radical (unpaired) electrons. The van der Waals surface area contributed by atoms with Crippen LogP contribution < -0.4 is 11.1 Å². The highest BCUT2D eigenvalue weighted by Gasteiger charge is 2.33. The minimum atomic E-state index is -0.495. The standard InChI is InChI=1S/C15H16ClN5OS/c1-3-23-15-19-14-18-8(2)11(13(17)22)12(21(14)20-15)9-5-4-6-10(16)7-9/h4-7,12H,3H2,1-2H3,(H2,17,22)(H,18,19,20). The van der Waals surface area contributed by atoms with E-state index in [2.05, 4.69) is 15.4 Å². The lowest BCUT2D eigenvalue weighted by Gasteiger charge is -2.27. The average molecular weight is 350 g/mol. The number of rotatable bonds is 4. The number of allylic oxidation sites excluding steroid dienone is 1. The number of halogens is 1. The van der Waals surface area contributed by atoms with Crippen LogP contribution in [0.25, 0.3) is 0 Å². The highest BCUT2D eigenvalue weighted by molar-refractivity contribution is 7.99. The Morgan fingerprint density at radius 2 is 2.30 bits per heavy atom. The van der Waals surface area contributed by atoms with Crippen molar-refractivity contribution in [2.24, 2.45) is 5.73 Å². The van der Waals surface area contributed by atoms with Crippen molar-refractivity contribution >= 4 is 35.2 Å². The number of hydrogen-bond donors (Lipinski definition) is 2. The van der Waals surface area contributed by atoms with Crippen LogP contribution in [0.2, 0.25) is 5.02 Å². The van der Waals surface area contributed by atoms with Crippen molar-refractivity contribution in [1.82, 2.24) is 14.8 Å². The van der Waals surface area contributed by atoms with Gasteiger partial charge in [0.15, 0.2) is 0 Å². The molecule has 120 valence electrons. The van der Waals surface area contributed by atoms with Crippen LogP contribution in [0.3, 0.4) is 0 Å². The van der Waals surface area contributed by atoms with Crippen molar-refractivity contribution in [1.29, 1.82) is 0 Å². The number of nitrogens with one attached hydrogen (secondary N) is 1. The molecule has 23 heavy (non-hydrogen) atoms. The number of amides is 1. The second-order valence-corrected chi connectivity index (χ2v) is 6.75. The van der Waals surface area contributed by atoms with E-state index >= 15 is 0 Å². The number of carbonyl (C=O) groups is 1. The monoisotopic (exact) mass is 349 g/mol. The van der Waals surface area contributed by atoms with Crippen molar-refractivity contribution in [3.05, 3.63) is 46.1 Å². The van der Waals surface area contributed by atoms with Gasteiger partial charge in [-0.15, -0.1) is 5.10 Å². The minimum absolute atomic E-state index is 0.443. The zero-order valence-electron chi connectivity index (χ0n) is 12.7. The molecule has 8 heteroatoms. The van der Waals surface area contributed by atoms with Crippen LogP contribution in [0.4, 0.5) is 5.95 Å². The van der Waals surface area contributed by atoms with E-state index in [-0.39, 0.29) is 0 Å². The summed E-state index contributed by atoms with van der Waals surface area (Å²) in [5, 5.41) is 8.87. The Morgan fingerprint density at radius 3 is 2.96 bits per heavy atom. The van der Waals surface area contributed by atoms with Gasteiger partial charge in [0.25, 0.3) is 0 Å². The number of hydrogen-bond acceptors (Lipinski definition) is 5. The first-order chi connectivity index (χ1) is 11.0. The summed E-state index contributed by atoms with van der Waals surface area (Å²) in [6, 6.07) is 6.89. The molecule has 3 rings (SSSR count). The molecule has 0 bridgehead atoms. The summed E-state index contributed by atoms with van der Waals surface area (Å²) in [5.41, 5.74) is 7.58. The van der Waals surface area contributed by atoms with Crippen molar-refractivity contribution in [3.8, 4) is 0 Å². The van der Waals surface area contributed by atoms with E-state index in [1.807, 2.05) is 32.0 Å². The molecule has 0 saturated heterocycles. The second kappa shape index (κ2) is 6.25. The predicted octanol–water partition coefficient (Wildman–Crippen LogP) is 2.82. The fourth-order valence-corrected chi connectivity index (χ4v) is 3.38. The lowest BCUT2D eigenvalue weighted by atomic mass is 9.95. The van der Waals surface area contributed by atoms with Crippen LogP contribution in [0.5, 0.6) is 0 Å². The van der Waals surface area contributed by atoms with Gasteiger partial charge in [-0.2, -0.15) is 4.98 Å². The van der Waals surface area contributed by atoms with Gasteiger partial charge in [-0.3, -0.25) is 4.79 Å². The van der Waals surface area contributed by atoms with Crippen LogP contribution >= 0.6 is 23.4 Å². The van der Waals surface area contributed by atoms with Gasteiger partial charge in [0.2, 0.25) is 17.0 Å². The van der Waals surface area contributed by atoms with E-state index in [0.717, 1.165) is 11.3 Å². The fourth-order valence-electron chi connectivity index (χ4n) is 2.63. The fraction of sp³-hybridized carbons (Fsp3) is 0.267. The number of primary amides is 1. The molecule has 0 spiro atoms. The first-order valence-electron chi connectivity index (χ1n) is 7.13. The maximum Gasteiger partial charge on any atom is 0.248 e. The van der Waals surface area contributed by atoms with Gasteiger partial charge in [-0.25, -0.2) is 4.68 Å². The van der Waals surface area contributed by atoms with Crippen molar-refractivity contribution in [3.63, 3.8) is 0 Å². The molecule has 2 aromatic rings. The Labute approximate surface area is 143 Å². The van der Waals surface area contributed by atoms with Gasteiger partial charge >= 0.3 is 0 Å². The first-order valence-corrected chi connectivity index (χ1v) is 8.50. The zero-order valence-corrected chi connectivity index (χ0v) is 14.3. The molecular formula is C15H16ClN5OS. The molecule has 1 aromatic carbocycles. The van der Waals surface area contributed by atoms with Gasteiger partial charge in [-0.1, -0.05) is 42.4 Å². The van der Waals surface area contributed by atoms with E-state index in [1.54, 1.807) is 10.7 Å². The normalized spacial score (nSPS) is 16.9. The number of aromatic nitrogens is 3. The predicted molar refractivity (Wildman–Crippen MR) is 91.5 cm³/mol. The number of nitrogens with zero attached hydrogens (tertiary/aromatic N) is 3. The highest BCUT2D eigenvalue weighted by Crippen LogP contribution is 2.36. The molecule has 1 atom stereocenters. The van der Waals surface area contributed by atoms with Crippen molar-refractivity contribution in [2.75, 3.05) is 11.1 Å². The Morgan fingerprint density at radius 1 is 1.52 bits per heavy atom. The minimum Gasteiger partial charge on any atom is -0.366 e. The summed E-state index contributed by atoms with van der Waals surface area (Å²) < 4.78 is 1.69. The van der Waals surface area contributed by atoms with Crippen molar-refractivity contribution < 1.29 is 4.79 Å². The summed E-state index contributed by atoms with van der Waals surface area (Å²) in [7, 11) is 0. The second-order valence-electron chi connectivity index (χ2n) is 5.08. The van der Waals surface area contributed by atoms with E-state index in [4.69, 9.17) is 17.3 Å². The molecule has 0 saturated carbocycles. The van der Waals surface area contributed by atoms with Crippen LogP contribution in [0.15, 0.2) is 40.7 Å². The summed E-state index contributed by atoms with van der Waals surface area (Å²) in [6.07, 6.45) is 0. The molecule has 1 aromatic heterocycles. The first kappa shape index (κ1) is 15.9. The molecule has 1 amide bonds. The lowest BCUT2D eigenvalue weighted by molar-refractivity contribution is -0.115. The summed E-state index contributed by atoms with van der Waals surface area (Å²) in [5.74, 6) is 0.958. The highest BCUT2D eigenvalue weighted by atomic mass is 35.5. The Balaban J connectivity index is 2.17. The molecule has 2 heterocycles. The van der Waals surface area contributed by atoms with Crippen LogP contribution in [0.1, 0.15) is 25.5 Å². The Bertz CT molecular complexity index is 801. The number of carbonyl (C=O) groups excluding carboxylic acids is 1. The lowest BCUT2D eigenvalue weighted by Crippen LogP contribution is -2.31. The quantitative estimate of drug-likeness (QED) is 0.829. The van der Waals surface area contributed by atoms with E-state index in [9.17, 15) is 4.79 Å². The number of benzene rings is 1. The van der Waals surface area contributed by atoms with E-state index in [0.29, 0.717) is 27.4 Å². The Hall–Kier alpha value is -1.99.